The molecule has 3 N–H and O–H groups in total. The Balaban J connectivity index is 1.31. The maximum absolute atomic E-state index is 13.7. The zero-order valence-corrected chi connectivity index (χ0v) is 28.6. The van der Waals surface area contributed by atoms with Gasteiger partial charge in [-0.25, -0.2) is 0 Å². The third-order valence-corrected chi connectivity index (χ3v) is 8.75. The predicted molar refractivity (Wildman–Crippen MR) is 197 cm³/mol. The van der Waals surface area contributed by atoms with E-state index in [9.17, 15) is 14.4 Å². The molecule has 0 bridgehead atoms. The van der Waals surface area contributed by atoms with Gasteiger partial charge in [0.2, 0.25) is 5.91 Å². The number of carbonyl (C=O) groups is 3. The summed E-state index contributed by atoms with van der Waals surface area (Å²) in [6.07, 6.45) is 1.63. The minimum atomic E-state index is -0.518. The van der Waals surface area contributed by atoms with Crippen LogP contribution in [0.2, 0.25) is 5.02 Å². The number of halogens is 1. The van der Waals surface area contributed by atoms with E-state index in [-0.39, 0.29) is 11.6 Å². The molecule has 5 aromatic rings. The highest BCUT2D eigenvalue weighted by Gasteiger charge is 2.19. The fraction of sp³-hybridized carbons (Fsp3) is 0.103. The number of hydrogen-bond donors (Lipinski definition) is 3. The number of ether oxygens (including phenoxy) is 2. The molecule has 248 valence electrons. The molecule has 8 nitrogen and oxygen atoms in total. The van der Waals surface area contributed by atoms with Crippen LogP contribution in [0.25, 0.3) is 17.2 Å². The van der Waals surface area contributed by atoms with Crippen LogP contribution in [0.4, 0.5) is 11.4 Å². The number of nitrogens with one attached hydrogen (secondary N) is 3. The highest BCUT2D eigenvalue weighted by atomic mass is 35.5. The fourth-order valence-corrected chi connectivity index (χ4v) is 5.97. The van der Waals surface area contributed by atoms with Crippen LogP contribution in [0, 0.1) is 0 Å². The first-order valence-electron chi connectivity index (χ1n) is 15.3. The Bertz CT molecular complexity index is 1970. The van der Waals surface area contributed by atoms with Gasteiger partial charge in [0.25, 0.3) is 11.8 Å². The molecule has 0 saturated heterocycles. The summed E-state index contributed by atoms with van der Waals surface area (Å²) in [6.45, 7) is 1.77. The van der Waals surface area contributed by atoms with Gasteiger partial charge in [0.1, 0.15) is 17.2 Å². The molecule has 0 aliphatic rings. The summed E-state index contributed by atoms with van der Waals surface area (Å²) < 4.78 is 10.6. The predicted octanol–water partition coefficient (Wildman–Crippen LogP) is 8.55. The van der Waals surface area contributed by atoms with E-state index in [0.717, 1.165) is 21.6 Å². The van der Waals surface area contributed by atoms with Crippen LogP contribution in [-0.4, -0.2) is 37.2 Å². The molecule has 1 unspecified atom stereocenters. The van der Waals surface area contributed by atoms with Crippen molar-refractivity contribution < 1.29 is 23.9 Å². The molecule has 0 fully saturated rings. The number of anilines is 2. The van der Waals surface area contributed by atoms with Crippen LogP contribution in [0.3, 0.4) is 0 Å². The van der Waals surface area contributed by atoms with Gasteiger partial charge in [0, 0.05) is 22.2 Å². The summed E-state index contributed by atoms with van der Waals surface area (Å²) >= 11 is 7.58. The number of benzene rings is 5. The van der Waals surface area contributed by atoms with Crippen molar-refractivity contribution in [2.45, 2.75) is 17.1 Å². The van der Waals surface area contributed by atoms with Crippen molar-refractivity contribution in [2.75, 3.05) is 24.9 Å². The summed E-state index contributed by atoms with van der Waals surface area (Å²) in [5.41, 5.74) is 4.23. The first-order valence-corrected chi connectivity index (χ1v) is 16.5. The lowest BCUT2D eigenvalue weighted by Crippen LogP contribution is -2.30. The quantitative estimate of drug-likeness (QED) is 0.0895. The van der Waals surface area contributed by atoms with Crippen molar-refractivity contribution >= 4 is 58.5 Å². The molecule has 0 aromatic heterocycles. The van der Waals surface area contributed by atoms with E-state index in [1.165, 1.54) is 26.0 Å². The number of methoxy groups -OCH3 is 2. The lowest BCUT2D eigenvalue weighted by Gasteiger charge is -2.16. The first kappa shape index (κ1) is 34.8. The van der Waals surface area contributed by atoms with E-state index in [1.54, 1.807) is 67.6 Å². The molecule has 1 atom stereocenters. The molecule has 3 amide bonds. The van der Waals surface area contributed by atoms with Crippen molar-refractivity contribution in [1.82, 2.24) is 5.32 Å². The average Bonchev–Trinajstić information content (AvgIpc) is 3.12. The zero-order valence-electron chi connectivity index (χ0n) is 27.0. The Morgan fingerprint density at radius 3 is 2.06 bits per heavy atom. The van der Waals surface area contributed by atoms with Crippen molar-refractivity contribution in [1.29, 1.82) is 0 Å². The molecule has 10 heteroatoms. The molecular formula is C39H34ClN3O5S. The van der Waals surface area contributed by atoms with Crippen molar-refractivity contribution in [3.8, 4) is 22.6 Å². The zero-order chi connectivity index (χ0) is 34.8. The van der Waals surface area contributed by atoms with E-state index < -0.39 is 17.1 Å². The van der Waals surface area contributed by atoms with E-state index >= 15 is 0 Å². The van der Waals surface area contributed by atoms with Gasteiger partial charge >= 0.3 is 0 Å². The fourth-order valence-electron chi connectivity index (χ4n) is 4.81. The van der Waals surface area contributed by atoms with Gasteiger partial charge in [0.15, 0.2) is 0 Å². The summed E-state index contributed by atoms with van der Waals surface area (Å²) in [5, 5.41) is 8.35. The number of rotatable bonds is 12. The van der Waals surface area contributed by atoms with Crippen LogP contribution in [-0.2, 0) is 9.59 Å². The maximum atomic E-state index is 13.7. The molecule has 5 rings (SSSR count). The highest BCUT2D eigenvalue weighted by molar-refractivity contribution is 8.00. The SMILES string of the molecule is COc1cc(OC)c(NC(=O)C(C)Sc2cccc(NC(=O)/C(=C\c3ccc(-c4ccccc4)cc3)NC(=O)c3ccccc3)c2)cc1Cl. The summed E-state index contributed by atoms with van der Waals surface area (Å²) in [6, 6.07) is 36.7. The maximum Gasteiger partial charge on any atom is 0.272 e. The number of amides is 3. The monoisotopic (exact) mass is 691 g/mol. The summed E-state index contributed by atoms with van der Waals surface area (Å²) in [5.74, 6) is -0.357. The second-order valence-corrected chi connectivity index (χ2v) is 12.6. The average molecular weight is 692 g/mol. The number of carbonyl (C=O) groups excluding carboxylic acids is 3. The van der Waals surface area contributed by atoms with Gasteiger partial charge in [-0.3, -0.25) is 14.4 Å². The molecule has 0 aliphatic carbocycles. The molecular weight excluding hydrogens is 658 g/mol. The van der Waals surface area contributed by atoms with Gasteiger partial charge in [-0.2, -0.15) is 0 Å². The lowest BCUT2D eigenvalue weighted by atomic mass is 10.0. The third kappa shape index (κ3) is 9.31. The Labute approximate surface area is 294 Å². The smallest absolute Gasteiger partial charge is 0.272 e. The molecule has 0 saturated carbocycles. The molecule has 49 heavy (non-hydrogen) atoms. The van der Waals surface area contributed by atoms with Crippen LogP contribution in [0.15, 0.2) is 132 Å². The number of hydrogen-bond acceptors (Lipinski definition) is 6. The largest absolute Gasteiger partial charge is 0.495 e. The van der Waals surface area contributed by atoms with E-state index in [0.29, 0.717) is 33.5 Å². The van der Waals surface area contributed by atoms with Crippen LogP contribution >= 0.6 is 23.4 Å². The van der Waals surface area contributed by atoms with E-state index in [4.69, 9.17) is 21.1 Å². The van der Waals surface area contributed by atoms with Crippen molar-refractivity contribution in [3.63, 3.8) is 0 Å². The molecule has 0 spiro atoms. The molecule has 5 aromatic carbocycles. The first-order chi connectivity index (χ1) is 23.7. The minimum Gasteiger partial charge on any atom is -0.495 e. The Morgan fingerprint density at radius 1 is 0.735 bits per heavy atom. The van der Waals surface area contributed by atoms with Crippen molar-refractivity contribution in [3.05, 3.63) is 143 Å². The topological polar surface area (TPSA) is 106 Å². The summed E-state index contributed by atoms with van der Waals surface area (Å²) in [7, 11) is 2.99. The molecule has 0 heterocycles. The normalized spacial score (nSPS) is 11.6. The second kappa shape index (κ2) is 16.5. The van der Waals surface area contributed by atoms with Gasteiger partial charge in [-0.05, 0) is 66.1 Å². The Morgan fingerprint density at radius 2 is 1.39 bits per heavy atom. The van der Waals surface area contributed by atoms with Gasteiger partial charge in [-0.15, -0.1) is 11.8 Å². The Kier molecular flexibility index (Phi) is 11.8. The van der Waals surface area contributed by atoms with Gasteiger partial charge in [-0.1, -0.05) is 90.5 Å². The van der Waals surface area contributed by atoms with E-state index in [1.807, 2.05) is 66.7 Å². The molecule has 0 radical (unpaired) electrons. The van der Waals surface area contributed by atoms with Crippen LogP contribution in [0.1, 0.15) is 22.8 Å². The van der Waals surface area contributed by atoms with Crippen LogP contribution in [0.5, 0.6) is 11.5 Å². The van der Waals surface area contributed by atoms with Crippen molar-refractivity contribution in [2.24, 2.45) is 0 Å². The Hall–Kier alpha value is -5.51. The third-order valence-electron chi connectivity index (χ3n) is 7.36. The molecule has 0 aliphatic heterocycles. The summed E-state index contributed by atoms with van der Waals surface area (Å²) in [4.78, 5) is 40.6. The van der Waals surface area contributed by atoms with E-state index in [2.05, 4.69) is 16.0 Å². The van der Waals surface area contributed by atoms with Gasteiger partial charge < -0.3 is 25.4 Å². The van der Waals surface area contributed by atoms with Crippen LogP contribution < -0.4 is 25.4 Å². The second-order valence-electron chi connectivity index (χ2n) is 10.8. The minimum absolute atomic E-state index is 0.0687. The standard InChI is InChI=1S/C39H34ClN3O5S/c1-25(37(44)42-33-23-32(40)35(47-2)24-36(33)48-3)49-31-16-10-15-30(22-31)41-39(46)34(43-38(45)29-13-8-5-9-14-29)21-26-17-19-28(20-18-26)27-11-6-4-7-12-27/h4-25H,1-3H3,(H,41,46)(H,42,44)(H,43,45)/b34-21+. The number of thioether (sulfide) groups is 1. The lowest BCUT2D eigenvalue weighted by molar-refractivity contribution is -0.115. The van der Waals surface area contributed by atoms with Gasteiger partial charge in [0.05, 0.1) is 30.2 Å². The highest BCUT2D eigenvalue weighted by Crippen LogP contribution is 2.36.